The van der Waals surface area contributed by atoms with Gasteiger partial charge in [-0.05, 0) is 30.9 Å². The fraction of sp³-hybridized carbons (Fsp3) is 0.455. The molecule has 1 aliphatic carbocycles. The van der Waals surface area contributed by atoms with E-state index in [4.69, 9.17) is 0 Å². The lowest BCUT2D eigenvalue weighted by atomic mass is 10.2. The number of hydrogen-bond acceptors (Lipinski definition) is 5. The van der Waals surface area contributed by atoms with Crippen LogP contribution >= 0.6 is 11.3 Å². The summed E-state index contributed by atoms with van der Waals surface area (Å²) in [6.45, 7) is 0. The van der Waals surface area contributed by atoms with E-state index in [-0.39, 0.29) is 5.95 Å². The van der Waals surface area contributed by atoms with Gasteiger partial charge in [-0.3, -0.25) is 5.10 Å². The molecule has 5 nitrogen and oxygen atoms in total. The quantitative estimate of drug-likeness (QED) is 0.919. The lowest BCUT2D eigenvalue weighted by molar-refractivity contribution is 0.684. The van der Waals surface area contributed by atoms with E-state index in [0.29, 0.717) is 0 Å². The van der Waals surface area contributed by atoms with Crippen molar-refractivity contribution in [3.63, 3.8) is 0 Å². The zero-order chi connectivity index (χ0) is 12.8. The molecule has 2 aromatic rings. The van der Waals surface area contributed by atoms with Gasteiger partial charge in [-0.1, -0.05) is 0 Å². The predicted molar refractivity (Wildman–Crippen MR) is 73.8 cm³/mol. The molecule has 18 heavy (non-hydrogen) atoms. The molecule has 0 aromatic carbocycles. The molecule has 0 saturated heterocycles. The Morgan fingerprint density at radius 1 is 1.44 bits per heavy atom. The number of hydrogen-bond donors (Lipinski definition) is 1. The maximum atomic E-state index is 11.6. The van der Waals surface area contributed by atoms with Gasteiger partial charge in [0.15, 0.2) is 5.82 Å². The van der Waals surface area contributed by atoms with Crippen LogP contribution in [0.3, 0.4) is 0 Å². The van der Waals surface area contributed by atoms with Crippen molar-refractivity contribution < 1.29 is 4.21 Å². The maximum Gasteiger partial charge on any atom is 0.276 e. The standard InChI is InChI=1S/C11H14N4OS2/c1-18(2,16)15-11-12-10(13-14-11)9-6-7-4-3-5-8(7)17-9/h6H,3-5H2,1-2H3,(H,12,13,14). The molecular weight excluding hydrogens is 268 g/mol. The van der Waals surface area contributed by atoms with Gasteiger partial charge in [0, 0.05) is 27.1 Å². The summed E-state index contributed by atoms with van der Waals surface area (Å²) in [5.74, 6) is 0.991. The van der Waals surface area contributed by atoms with Crippen molar-refractivity contribution in [2.24, 2.45) is 4.36 Å². The zero-order valence-electron chi connectivity index (χ0n) is 10.3. The first kappa shape index (κ1) is 11.9. The topological polar surface area (TPSA) is 71.0 Å². The molecule has 0 spiro atoms. The Bertz CT molecular complexity index is 677. The van der Waals surface area contributed by atoms with Crippen molar-refractivity contribution in [1.82, 2.24) is 15.2 Å². The Morgan fingerprint density at radius 2 is 2.28 bits per heavy atom. The molecular formula is C11H14N4OS2. The lowest BCUT2D eigenvalue weighted by Crippen LogP contribution is -1.89. The highest BCUT2D eigenvalue weighted by molar-refractivity contribution is 7.92. The minimum atomic E-state index is -2.21. The molecule has 0 amide bonds. The van der Waals surface area contributed by atoms with Gasteiger partial charge >= 0.3 is 0 Å². The molecule has 7 heteroatoms. The Labute approximate surface area is 110 Å². The first-order chi connectivity index (χ1) is 8.51. The molecule has 0 atom stereocenters. The highest BCUT2D eigenvalue weighted by atomic mass is 32.2. The Hall–Kier alpha value is -1.21. The van der Waals surface area contributed by atoms with Crippen LogP contribution in [0.5, 0.6) is 0 Å². The minimum Gasteiger partial charge on any atom is -0.256 e. The number of nitrogens with zero attached hydrogens (tertiary/aromatic N) is 3. The third-order valence-corrected chi connectivity index (χ3v) is 4.60. The Morgan fingerprint density at radius 3 is 3.00 bits per heavy atom. The van der Waals surface area contributed by atoms with E-state index in [0.717, 1.165) is 17.1 Å². The van der Waals surface area contributed by atoms with Crippen LogP contribution in [-0.4, -0.2) is 31.9 Å². The Kier molecular flexibility index (Phi) is 2.74. The summed E-state index contributed by atoms with van der Waals surface area (Å²) < 4.78 is 15.5. The van der Waals surface area contributed by atoms with Gasteiger partial charge in [0.1, 0.15) is 0 Å². The second-order valence-corrected chi connectivity index (χ2v) is 8.35. The maximum absolute atomic E-state index is 11.6. The highest BCUT2D eigenvalue weighted by Crippen LogP contribution is 2.35. The molecule has 0 fully saturated rings. The zero-order valence-corrected chi connectivity index (χ0v) is 11.9. The molecule has 0 radical (unpaired) electrons. The summed E-state index contributed by atoms with van der Waals surface area (Å²) in [5.41, 5.74) is 1.43. The van der Waals surface area contributed by atoms with Crippen LogP contribution in [-0.2, 0) is 22.6 Å². The molecule has 2 aromatic heterocycles. The number of nitrogens with one attached hydrogen (secondary N) is 1. The number of aromatic amines is 1. The number of aryl methyl sites for hydroxylation is 2. The largest absolute Gasteiger partial charge is 0.276 e. The minimum absolute atomic E-state index is 0.272. The number of rotatable bonds is 2. The molecule has 1 aliphatic rings. The SMILES string of the molecule is CS(C)(=O)=Nc1n[nH]c(-c2cc3c(s2)CCC3)n1. The van der Waals surface area contributed by atoms with Gasteiger partial charge in [0.05, 0.1) is 4.88 Å². The summed E-state index contributed by atoms with van der Waals surface area (Å²) in [4.78, 5) is 6.82. The number of aromatic nitrogens is 3. The lowest BCUT2D eigenvalue weighted by Gasteiger charge is -1.89. The Balaban J connectivity index is 1.96. The van der Waals surface area contributed by atoms with E-state index >= 15 is 0 Å². The molecule has 1 N–H and O–H groups in total. The van der Waals surface area contributed by atoms with Gasteiger partial charge in [-0.15, -0.1) is 16.4 Å². The van der Waals surface area contributed by atoms with E-state index in [9.17, 15) is 4.21 Å². The van der Waals surface area contributed by atoms with E-state index in [1.165, 1.54) is 23.3 Å². The van der Waals surface area contributed by atoms with E-state index in [1.807, 2.05) is 0 Å². The molecule has 0 saturated carbocycles. The summed E-state index contributed by atoms with van der Waals surface area (Å²) in [6, 6.07) is 2.17. The number of H-pyrrole nitrogens is 1. The second-order valence-electron chi connectivity index (χ2n) is 4.67. The monoisotopic (exact) mass is 282 g/mol. The van der Waals surface area contributed by atoms with Crippen LogP contribution in [0, 0.1) is 0 Å². The smallest absolute Gasteiger partial charge is 0.256 e. The van der Waals surface area contributed by atoms with E-state index in [1.54, 1.807) is 23.8 Å². The predicted octanol–water partition coefficient (Wildman–Crippen LogP) is 2.38. The van der Waals surface area contributed by atoms with Crippen molar-refractivity contribution >= 4 is 27.0 Å². The van der Waals surface area contributed by atoms with Gasteiger partial charge in [-0.2, -0.15) is 9.35 Å². The van der Waals surface area contributed by atoms with Gasteiger partial charge in [-0.25, -0.2) is 4.21 Å². The van der Waals surface area contributed by atoms with Crippen LogP contribution in [0.1, 0.15) is 16.9 Å². The van der Waals surface area contributed by atoms with Gasteiger partial charge in [0.25, 0.3) is 5.95 Å². The molecule has 2 heterocycles. The second kappa shape index (κ2) is 4.17. The van der Waals surface area contributed by atoms with Crippen LogP contribution in [0.25, 0.3) is 10.7 Å². The van der Waals surface area contributed by atoms with Crippen LogP contribution in [0.2, 0.25) is 0 Å². The third kappa shape index (κ3) is 2.32. The van der Waals surface area contributed by atoms with E-state index in [2.05, 4.69) is 25.6 Å². The molecule has 0 bridgehead atoms. The average Bonchev–Trinajstić information content (AvgIpc) is 2.85. The van der Waals surface area contributed by atoms with Gasteiger partial charge in [0.2, 0.25) is 0 Å². The van der Waals surface area contributed by atoms with Crippen molar-refractivity contribution in [3.8, 4) is 10.7 Å². The highest BCUT2D eigenvalue weighted by Gasteiger charge is 2.17. The van der Waals surface area contributed by atoms with Gasteiger partial charge < -0.3 is 0 Å². The molecule has 3 rings (SSSR count). The van der Waals surface area contributed by atoms with E-state index < -0.39 is 9.73 Å². The van der Waals surface area contributed by atoms with Crippen molar-refractivity contribution in [2.75, 3.05) is 12.5 Å². The summed E-state index contributed by atoms with van der Waals surface area (Å²) in [6.07, 6.45) is 6.73. The van der Waals surface area contributed by atoms with Crippen LogP contribution in [0.4, 0.5) is 5.95 Å². The van der Waals surface area contributed by atoms with Crippen LogP contribution < -0.4 is 0 Å². The fourth-order valence-electron chi connectivity index (χ4n) is 2.05. The fourth-order valence-corrected chi connectivity index (χ4v) is 3.71. The first-order valence-corrected chi connectivity index (χ1v) is 8.87. The van der Waals surface area contributed by atoms with Crippen molar-refractivity contribution in [2.45, 2.75) is 19.3 Å². The van der Waals surface area contributed by atoms with Crippen molar-refractivity contribution in [3.05, 3.63) is 16.5 Å². The normalized spacial score (nSPS) is 14.8. The molecule has 0 aliphatic heterocycles. The number of thiophene rings is 1. The molecule has 96 valence electrons. The first-order valence-electron chi connectivity index (χ1n) is 5.73. The number of fused-ring (bicyclic) bond motifs is 1. The van der Waals surface area contributed by atoms with Crippen LogP contribution in [0.15, 0.2) is 10.4 Å². The summed E-state index contributed by atoms with van der Waals surface area (Å²) in [7, 11) is -2.21. The summed E-state index contributed by atoms with van der Waals surface area (Å²) >= 11 is 1.76. The molecule has 0 unspecified atom stereocenters. The van der Waals surface area contributed by atoms with Crippen molar-refractivity contribution in [1.29, 1.82) is 0 Å². The third-order valence-electron chi connectivity index (χ3n) is 2.76. The summed E-state index contributed by atoms with van der Waals surface area (Å²) in [5, 5.41) is 6.85. The average molecular weight is 282 g/mol.